The molecule has 8 heteroatoms. The van der Waals surface area contributed by atoms with E-state index in [1.807, 2.05) is 37.3 Å². The summed E-state index contributed by atoms with van der Waals surface area (Å²) in [7, 11) is 0. The fourth-order valence-electron chi connectivity index (χ4n) is 3.12. The van der Waals surface area contributed by atoms with Crippen LogP contribution in [-0.2, 0) is 4.74 Å². The smallest absolute Gasteiger partial charge is 0.335 e. The second kappa shape index (κ2) is 7.55. The molecule has 1 heterocycles. The average molecular weight is 370 g/mol. The molecule has 140 valence electrons. The Bertz CT molecular complexity index is 851. The zero-order valence-electron chi connectivity index (χ0n) is 14.6. The Hall–Kier alpha value is -3.26. The Morgan fingerprint density at radius 1 is 1.15 bits per heavy atom. The molecule has 1 N–H and O–H groups in total. The van der Waals surface area contributed by atoms with Gasteiger partial charge in [0, 0.05) is 24.2 Å². The minimum atomic E-state index is -1.33. The van der Waals surface area contributed by atoms with Crippen molar-refractivity contribution in [1.82, 2.24) is 4.90 Å². The van der Waals surface area contributed by atoms with Gasteiger partial charge < -0.3 is 14.7 Å². The third kappa shape index (κ3) is 4.12. The number of carboxylic acid groups (broad SMARTS) is 1. The fraction of sp³-hybridized carbons (Fsp3) is 0.263. The van der Waals surface area contributed by atoms with Crippen LogP contribution in [-0.4, -0.2) is 46.0 Å². The zero-order valence-corrected chi connectivity index (χ0v) is 14.6. The number of carbonyl (C=O) groups excluding carboxylic acids is 1. The predicted molar refractivity (Wildman–Crippen MR) is 95.7 cm³/mol. The molecular formula is C19H18N2O6. The van der Waals surface area contributed by atoms with Gasteiger partial charge in [0.15, 0.2) is 0 Å². The molecule has 0 aliphatic carbocycles. The van der Waals surface area contributed by atoms with E-state index in [2.05, 4.69) is 0 Å². The SMILES string of the molecule is CC1CN(C(=O)c2cc(C(=O)O)cc([N+](=O)[O-])c2)CC(c2ccccc2)O1. The number of morpholine rings is 1. The number of aromatic carboxylic acids is 1. The maximum Gasteiger partial charge on any atom is 0.335 e. The molecule has 0 radical (unpaired) electrons. The number of hydrogen-bond donors (Lipinski definition) is 1. The first-order valence-electron chi connectivity index (χ1n) is 8.37. The highest BCUT2D eigenvalue weighted by molar-refractivity contribution is 5.98. The van der Waals surface area contributed by atoms with Crippen molar-refractivity contribution < 1.29 is 24.4 Å². The second-order valence-electron chi connectivity index (χ2n) is 6.39. The number of amides is 1. The molecule has 0 aromatic heterocycles. The minimum absolute atomic E-state index is 0.0255. The second-order valence-corrected chi connectivity index (χ2v) is 6.39. The van der Waals surface area contributed by atoms with Crippen molar-refractivity contribution in [1.29, 1.82) is 0 Å². The van der Waals surface area contributed by atoms with Gasteiger partial charge in [0.05, 0.1) is 23.1 Å². The number of non-ortho nitro benzene ring substituents is 1. The molecule has 27 heavy (non-hydrogen) atoms. The third-order valence-corrected chi connectivity index (χ3v) is 4.34. The fourth-order valence-corrected chi connectivity index (χ4v) is 3.12. The number of hydrogen-bond acceptors (Lipinski definition) is 5. The van der Waals surface area contributed by atoms with E-state index in [9.17, 15) is 24.8 Å². The highest BCUT2D eigenvalue weighted by Gasteiger charge is 2.31. The van der Waals surface area contributed by atoms with Gasteiger partial charge in [-0.3, -0.25) is 14.9 Å². The van der Waals surface area contributed by atoms with E-state index in [0.717, 1.165) is 23.8 Å². The number of rotatable bonds is 4. The van der Waals surface area contributed by atoms with E-state index >= 15 is 0 Å². The van der Waals surface area contributed by atoms with Crippen molar-refractivity contribution in [2.24, 2.45) is 0 Å². The first kappa shape index (κ1) is 18.5. The van der Waals surface area contributed by atoms with Gasteiger partial charge >= 0.3 is 5.97 Å². The molecule has 2 unspecified atom stereocenters. The average Bonchev–Trinajstić information content (AvgIpc) is 2.67. The first-order valence-corrected chi connectivity index (χ1v) is 8.37. The van der Waals surface area contributed by atoms with Gasteiger partial charge in [-0.05, 0) is 18.6 Å². The topological polar surface area (TPSA) is 110 Å². The van der Waals surface area contributed by atoms with Crippen molar-refractivity contribution in [3.8, 4) is 0 Å². The summed E-state index contributed by atoms with van der Waals surface area (Å²) in [5, 5.41) is 20.3. The molecule has 0 spiro atoms. The van der Waals surface area contributed by atoms with Gasteiger partial charge in [-0.15, -0.1) is 0 Å². The normalized spacial score (nSPS) is 19.5. The van der Waals surface area contributed by atoms with Gasteiger partial charge in [-0.1, -0.05) is 30.3 Å². The molecule has 1 aliphatic heterocycles. The van der Waals surface area contributed by atoms with E-state index in [-0.39, 0.29) is 29.9 Å². The maximum absolute atomic E-state index is 12.9. The highest BCUT2D eigenvalue weighted by Crippen LogP contribution is 2.27. The van der Waals surface area contributed by atoms with E-state index in [1.165, 1.54) is 4.90 Å². The minimum Gasteiger partial charge on any atom is -0.478 e. The lowest BCUT2D eigenvalue weighted by molar-refractivity contribution is -0.384. The lowest BCUT2D eigenvalue weighted by Gasteiger charge is -2.37. The summed E-state index contributed by atoms with van der Waals surface area (Å²) in [6.45, 7) is 2.43. The summed E-state index contributed by atoms with van der Waals surface area (Å²) in [4.78, 5) is 36.1. The maximum atomic E-state index is 12.9. The molecule has 2 aromatic carbocycles. The summed E-state index contributed by atoms with van der Waals surface area (Å²) >= 11 is 0. The largest absolute Gasteiger partial charge is 0.478 e. The van der Waals surface area contributed by atoms with E-state index < -0.39 is 22.5 Å². The van der Waals surface area contributed by atoms with Crippen LogP contribution in [0.3, 0.4) is 0 Å². The van der Waals surface area contributed by atoms with Crippen LogP contribution in [0, 0.1) is 10.1 Å². The van der Waals surface area contributed by atoms with Crippen molar-refractivity contribution >= 4 is 17.6 Å². The lowest BCUT2D eigenvalue weighted by Crippen LogP contribution is -2.46. The predicted octanol–water partition coefficient (Wildman–Crippen LogP) is 2.90. The van der Waals surface area contributed by atoms with Crippen LogP contribution < -0.4 is 0 Å². The van der Waals surface area contributed by atoms with E-state index in [0.29, 0.717) is 6.54 Å². The van der Waals surface area contributed by atoms with E-state index in [1.54, 1.807) is 0 Å². The van der Waals surface area contributed by atoms with E-state index in [4.69, 9.17) is 4.74 Å². The molecule has 1 amide bonds. The molecule has 2 atom stereocenters. The Kier molecular flexibility index (Phi) is 5.18. The van der Waals surface area contributed by atoms with Crippen LogP contribution in [0.5, 0.6) is 0 Å². The standard InChI is InChI=1S/C19H18N2O6/c1-12-10-20(11-17(27-12)13-5-3-2-4-6-13)18(22)14-7-15(19(23)24)9-16(8-14)21(25)26/h2-9,12,17H,10-11H2,1H3,(H,23,24). The van der Waals surface area contributed by atoms with Crippen molar-refractivity contribution in [2.45, 2.75) is 19.1 Å². The number of ether oxygens (including phenoxy) is 1. The molecular weight excluding hydrogens is 352 g/mol. The molecule has 2 aromatic rings. The number of benzene rings is 2. The van der Waals surface area contributed by atoms with Gasteiger partial charge in [-0.25, -0.2) is 4.79 Å². The van der Waals surface area contributed by atoms with Gasteiger partial charge in [-0.2, -0.15) is 0 Å². The molecule has 1 saturated heterocycles. The monoisotopic (exact) mass is 370 g/mol. The van der Waals surface area contributed by atoms with Crippen LogP contribution >= 0.6 is 0 Å². The zero-order chi connectivity index (χ0) is 19.6. The molecule has 1 aliphatic rings. The van der Waals surface area contributed by atoms with Crippen molar-refractivity contribution in [3.63, 3.8) is 0 Å². The summed E-state index contributed by atoms with van der Waals surface area (Å²) in [5.41, 5.74) is 0.169. The summed E-state index contributed by atoms with van der Waals surface area (Å²) in [5.74, 6) is -1.79. The quantitative estimate of drug-likeness (QED) is 0.654. The Morgan fingerprint density at radius 2 is 1.81 bits per heavy atom. The number of carboxylic acids is 1. The van der Waals surface area contributed by atoms with Crippen LogP contribution in [0.4, 0.5) is 5.69 Å². The first-order chi connectivity index (χ1) is 12.8. The summed E-state index contributed by atoms with van der Waals surface area (Å²) < 4.78 is 5.92. The Balaban J connectivity index is 1.90. The third-order valence-electron chi connectivity index (χ3n) is 4.34. The molecule has 0 saturated carbocycles. The Morgan fingerprint density at radius 3 is 2.44 bits per heavy atom. The lowest BCUT2D eigenvalue weighted by atomic mass is 10.0. The van der Waals surface area contributed by atoms with Gasteiger partial charge in [0.25, 0.3) is 11.6 Å². The molecule has 0 bridgehead atoms. The van der Waals surface area contributed by atoms with Crippen LogP contribution in [0.1, 0.15) is 39.3 Å². The summed E-state index contributed by atoms with van der Waals surface area (Å²) in [6.07, 6.45) is -0.554. The number of nitro benzene ring substituents is 1. The molecule has 8 nitrogen and oxygen atoms in total. The van der Waals surface area contributed by atoms with Gasteiger partial charge in [0.2, 0.25) is 0 Å². The van der Waals surface area contributed by atoms with Crippen molar-refractivity contribution in [2.75, 3.05) is 13.1 Å². The summed E-state index contributed by atoms with van der Waals surface area (Å²) in [6, 6.07) is 12.7. The number of carbonyl (C=O) groups is 2. The highest BCUT2D eigenvalue weighted by atomic mass is 16.6. The number of nitro groups is 1. The van der Waals surface area contributed by atoms with Crippen LogP contribution in [0.15, 0.2) is 48.5 Å². The van der Waals surface area contributed by atoms with Crippen LogP contribution in [0.25, 0.3) is 0 Å². The van der Waals surface area contributed by atoms with Gasteiger partial charge in [0.1, 0.15) is 6.10 Å². The number of nitrogens with zero attached hydrogens (tertiary/aromatic N) is 2. The molecule has 3 rings (SSSR count). The van der Waals surface area contributed by atoms with Crippen LogP contribution in [0.2, 0.25) is 0 Å². The Labute approximate surface area is 155 Å². The van der Waals surface area contributed by atoms with Crippen molar-refractivity contribution in [3.05, 3.63) is 75.3 Å². The molecule has 1 fully saturated rings.